The highest BCUT2D eigenvalue weighted by Crippen LogP contribution is 2.15. The molecule has 0 unspecified atom stereocenters. The third-order valence-corrected chi connectivity index (χ3v) is 3.93. The van der Waals surface area contributed by atoms with Crippen molar-refractivity contribution in [2.45, 2.75) is 58.3 Å². The Hall–Kier alpha value is -0.840. The van der Waals surface area contributed by atoms with Gasteiger partial charge in [0, 0.05) is 6.54 Å². The first-order chi connectivity index (χ1) is 9.25. The molecule has 0 amide bonds. The van der Waals surface area contributed by atoms with Crippen molar-refractivity contribution in [2.75, 3.05) is 11.9 Å². The smallest absolute Gasteiger partial charge is 0.280 e. The summed E-state index contributed by atoms with van der Waals surface area (Å²) in [6, 6.07) is 0. The first-order valence-corrected chi connectivity index (χ1v) is 8.02. The van der Waals surface area contributed by atoms with Crippen molar-refractivity contribution in [2.24, 2.45) is 0 Å². The number of nitrogens with one attached hydrogen (secondary N) is 2. The second-order valence-corrected chi connectivity index (χ2v) is 5.62. The number of hydrogen-bond acceptors (Lipinski definition) is 3. The number of aromatic amines is 1. The van der Waals surface area contributed by atoms with Gasteiger partial charge in [-0.15, -0.1) is 0 Å². The molecule has 5 heteroatoms. The fourth-order valence-electron chi connectivity index (χ4n) is 1.99. The second kappa shape index (κ2) is 10.0. The summed E-state index contributed by atoms with van der Waals surface area (Å²) in [6.45, 7) is 3.13. The molecule has 0 saturated carbocycles. The molecule has 0 aliphatic heterocycles. The van der Waals surface area contributed by atoms with Gasteiger partial charge in [0.25, 0.3) is 5.56 Å². The van der Waals surface area contributed by atoms with Crippen molar-refractivity contribution >= 4 is 21.6 Å². The standard InChI is InChI=1S/C14H24BrN3O/c1-2-3-4-5-6-7-8-9-10-16-12-11-17-18-14(19)13(12)15/h11H,2-10H2,1H3,(H2,16,18,19). The Labute approximate surface area is 123 Å². The van der Waals surface area contributed by atoms with Crippen LogP contribution >= 0.6 is 15.9 Å². The van der Waals surface area contributed by atoms with Crippen LogP contribution in [0.1, 0.15) is 58.3 Å². The first kappa shape index (κ1) is 16.2. The Bertz CT molecular complexity index is 406. The second-order valence-electron chi connectivity index (χ2n) is 4.83. The van der Waals surface area contributed by atoms with Gasteiger partial charge in [-0.1, -0.05) is 51.9 Å². The third-order valence-electron chi connectivity index (χ3n) is 3.14. The van der Waals surface area contributed by atoms with Gasteiger partial charge in [0.15, 0.2) is 0 Å². The van der Waals surface area contributed by atoms with Gasteiger partial charge >= 0.3 is 0 Å². The zero-order valence-electron chi connectivity index (χ0n) is 11.7. The minimum absolute atomic E-state index is 0.194. The Morgan fingerprint density at radius 2 is 1.79 bits per heavy atom. The van der Waals surface area contributed by atoms with E-state index >= 15 is 0 Å². The summed E-state index contributed by atoms with van der Waals surface area (Å²) in [5.74, 6) is 0. The summed E-state index contributed by atoms with van der Waals surface area (Å²) < 4.78 is 0.530. The van der Waals surface area contributed by atoms with Crippen LogP contribution in [0.25, 0.3) is 0 Å². The van der Waals surface area contributed by atoms with E-state index in [1.807, 2.05) is 0 Å². The molecule has 1 aromatic heterocycles. The lowest BCUT2D eigenvalue weighted by Gasteiger charge is -2.07. The quantitative estimate of drug-likeness (QED) is 0.636. The van der Waals surface area contributed by atoms with Crippen molar-refractivity contribution in [1.29, 1.82) is 0 Å². The highest BCUT2D eigenvalue weighted by atomic mass is 79.9. The van der Waals surface area contributed by atoms with Crippen LogP contribution in [0.4, 0.5) is 5.69 Å². The Kier molecular flexibility index (Phi) is 8.54. The summed E-state index contributed by atoms with van der Waals surface area (Å²) in [4.78, 5) is 11.3. The molecular formula is C14H24BrN3O. The van der Waals surface area contributed by atoms with Gasteiger partial charge < -0.3 is 5.32 Å². The predicted molar refractivity (Wildman–Crippen MR) is 83.7 cm³/mol. The maximum Gasteiger partial charge on any atom is 0.280 e. The molecule has 0 aliphatic rings. The lowest BCUT2D eigenvalue weighted by Crippen LogP contribution is -2.12. The Balaban J connectivity index is 2.05. The van der Waals surface area contributed by atoms with E-state index in [0.29, 0.717) is 4.47 Å². The SMILES string of the molecule is CCCCCCCCCCNc1cn[nH]c(=O)c1Br. The Morgan fingerprint density at radius 3 is 2.47 bits per heavy atom. The predicted octanol–water partition coefficient (Wildman–Crippen LogP) is 4.09. The molecule has 108 valence electrons. The van der Waals surface area contributed by atoms with E-state index in [2.05, 4.69) is 38.4 Å². The van der Waals surface area contributed by atoms with E-state index in [4.69, 9.17) is 0 Å². The van der Waals surface area contributed by atoms with Crippen molar-refractivity contribution in [3.63, 3.8) is 0 Å². The summed E-state index contributed by atoms with van der Waals surface area (Å²) in [7, 11) is 0. The van der Waals surface area contributed by atoms with Crippen molar-refractivity contribution in [1.82, 2.24) is 10.2 Å². The highest BCUT2D eigenvalue weighted by molar-refractivity contribution is 9.10. The Morgan fingerprint density at radius 1 is 1.16 bits per heavy atom. The van der Waals surface area contributed by atoms with Crippen LogP contribution in [0, 0.1) is 0 Å². The van der Waals surface area contributed by atoms with Crippen LogP contribution in [-0.2, 0) is 0 Å². The number of halogens is 1. The van der Waals surface area contributed by atoms with Gasteiger partial charge in [-0.3, -0.25) is 4.79 Å². The molecule has 1 heterocycles. The molecule has 2 N–H and O–H groups in total. The number of nitrogens with zero attached hydrogens (tertiary/aromatic N) is 1. The molecule has 0 aromatic carbocycles. The van der Waals surface area contributed by atoms with Crippen LogP contribution in [0.3, 0.4) is 0 Å². The minimum Gasteiger partial charge on any atom is -0.383 e. The molecule has 0 bridgehead atoms. The van der Waals surface area contributed by atoms with E-state index < -0.39 is 0 Å². The average Bonchev–Trinajstić information content (AvgIpc) is 2.41. The molecule has 4 nitrogen and oxygen atoms in total. The molecule has 0 spiro atoms. The molecule has 0 radical (unpaired) electrons. The van der Waals surface area contributed by atoms with E-state index in [1.165, 1.54) is 44.9 Å². The number of hydrogen-bond donors (Lipinski definition) is 2. The summed E-state index contributed by atoms with van der Waals surface area (Å²) in [5, 5.41) is 9.39. The van der Waals surface area contributed by atoms with Crippen LogP contribution in [0.5, 0.6) is 0 Å². The van der Waals surface area contributed by atoms with Crippen LogP contribution in [0.15, 0.2) is 15.5 Å². The average molecular weight is 330 g/mol. The van der Waals surface area contributed by atoms with Crippen LogP contribution in [0.2, 0.25) is 0 Å². The van der Waals surface area contributed by atoms with Crippen molar-refractivity contribution in [3.8, 4) is 0 Å². The fraction of sp³-hybridized carbons (Fsp3) is 0.714. The summed E-state index contributed by atoms with van der Waals surface area (Å²) >= 11 is 3.25. The van der Waals surface area contributed by atoms with E-state index in [0.717, 1.165) is 18.7 Å². The molecular weight excluding hydrogens is 306 g/mol. The maximum absolute atomic E-state index is 11.3. The molecule has 1 aromatic rings. The molecule has 0 fully saturated rings. The van der Waals surface area contributed by atoms with Crippen LogP contribution in [-0.4, -0.2) is 16.7 Å². The van der Waals surface area contributed by atoms with E-state index in [9.17, 15) is 4.79 Å². The minimum atomic E-state index is -0.194. The zero-order valence-corrected chi connectivity index (χ0v) is 13.3. The topological polar surface area (TPSA) is 57.8 Å². The fourth-order valence-corrected chi connectivity index (χ4v) is 2.32. The molecule has 0 aliphatic carbocycles. The highest BCUT2D eigenvalue weighted by Gasteiger charge is 2.02. The van der Waals surface area contributed by atoms with Gasteiger partial charge in [-0.05, 0) is 22.4 Å². The normalized spacial score (nSPS) is 10.6. The summed E-state index contributed by atoms with van der Waals surface area (Å²) in [6.07, 6.45) is 12.1. The van der Waals surface area contributed by atoms with Gasteiger partial charge in [-0.2, -0.15) is 5.10 Å². The number of anilines is 1. The monoisotopic (exact) mass is 329 g/mol. The lowest BCUT2D eigenvalue weighted by molar-refractivity contribution is 0.581. The van der Waals surface area contributed by atoms with E-state index in [1.54, 1.807) is 6.20 Å². The molecule has 0 atom stereocenters. The maximum atomic E-state index is 11.3. The van der Waals surface area contributed by atoms with Gasteiger partial charge in [0.05, 0.1) is 11.9 Å². The third kappa shape index (κ3) is 6.76. The molecule has 0 saturated heterocycles. The van der Waals surface area contributed by atoms with Gasteiger partial charge in [0.1, 0.15) is 4.47 Å². The van der Waals surface area contributed by atoms with Crippen molar-refractivity contribution < 1.29 is 0 Å². The number of H-pyrrole nitrogens is 1. The zero-order chi connectivity index (χ0) is 13.9. The number of rotatable bonds is 10. The number of aromatic nitrogens is 2. The largest absolute Gasteiger partial charge is 0.383 e. The van der Waals surface area contributed by atoms with E-state index in [-0.39, 0.29) is 5.56 Å². The molecule has 1 rings (SSSR count). The first-order valence-electron chi connectivity index (χ1n) is 7.22. The van der Waals surface area contributed by atoms with Gasteiger partial charge in [-0.25, -0.2) is 5.10 Å². The summed E-state index contributed by atoms with van der Waals surface area (Å²) in [5.41, 5.74) is 0.576. The number of unbranched alkanes of at least 4 members (excludes halogenated alkanes) is 7. The van der Waals surface area contributed by atoms with Crippen molar-refractivity contribution in [3.05, 3.63) is 21.0 Å². The lowest BCUT2D eigenvalue weighted by atomic mass is 10.1. The molecule has 19 heavy (non-hydrogen) atoms. The van der Waals surface area contributed by atoms with Crippen LogP contribution < -0.4 is 10.9 Å². The van der Waals surface area contributed by atoms with Gasteiger partial charge in [0.2, 0.25) is 0 Å².